The van der Waals surface area contributed by atoms with E-state index in [1.165, 1.54) is 24.5 Å². The lowest BCUT2D eigenvalue weighted by molar-refractivity contribution is -0.141. The molecule has 1 saturated heterocycles. The van der Waals surface area contributed by atoms with E-state index in [1.807, 2.05) is 13.8 Å². The third-order valence-corrected chi connectivity index (χ3v) is 6.34. The Kier molecular flexibility index (Phi) is 7.46. The molecule has 36 heavy (non-hydrogen) atoms. The van der Waals surface area contributed by atoms with Crippen LogP contribution in [0.2, 0.25) is 0 Å². The van der Waals surface area contributed by atoms with Crippen LogP contribution in [-0.2, 0) is 6.18 Å². The minimum Gasteiger partial charge on any atom is -0.364 e. The van der Waals surface area contributed by atoms with E-state index in [0.717, 1.165) is 12.6 Å². The van der Waals surface area contributed by atoms with E-state index in [0.29, 0.717) is 25.6 Å². The number of benzene rings is 1. The van der Waals surface area contributed by atoms with E-state index < -0.39 is 17.7 Å². The largest absolute Gasteiger partial charge is 0.434 e. The summed E-state index contributed by atoms with van der Waals surface area (Å²) < 4.78 is 53.5. The molecule has 3 unspecified atom stereocenters. The molecule has 1 aliphatic heterocycles. The predicted molar refractivity (Wildman–Crippen MR) is 125 cm³/mol. The van der Waals surface area contributed by atoms with Crippen LogP contribution in [0.25, 0.3) is 11.4 Å². The molecule has 3 aromatic rings. The number of carbonyl (C=O) groups is 1. The van der Waals surface area contributed by atoms with Crippen molar-refractivity contribution in [1.29, 1.82) is 0 Å². The topological polar surface area (TPSA) is 83.9 Å². The van der Waals surface area contributed by atoms with Gasteiger partial charge in [-0.15, -0.1) is 0 Å². The first-order chi connectivity index (χ1) is 17.2. The number of nitrogens with one attached hydrogen (secondary N) is 1. The molecular formula is C25H26F4N6O. The van der Waals surface area contributed by atoms with Gasteiger partial charge in [0.15, 0.2) is 11.5 Å². The number of likely N-dealkylation sites (tertiary alicyclic amines) is 1. The second kappa shape index (κ2) is 10.5. The van der Waals surface area contributed by atoms with Crippen molar-refractivity contribution in [2.75, 3.05) is 11.9 Å². The monoisotopic (exact) mass is 502 g/mol. The van der Waals surface area contributed by atoms with Gasteiger partial charge in [0.25, 0.3) is 5.91 Å². The van der Waals surface area contributed by atoms with E-state index in [1.54, 1.807) is 17.0 Å². The van der Waals surface area contributed by atoms with Crippen molar-refractivity contribution in [2.24, 2.45) is 5.92 Å². The molecule has 0 spiro atoms. The minimum absolute atomic E-state index is 0.0368. The quantitative estimate of drug-likeness (QED) is 0.465. The van der Waals surface area contributed by atoms with Gasteiger partial charge < -0.3 is 10.2 Å². The first-order valence-electron chi connectivity index (χ1n) is 11.7. The Hall–Kier alpha value is -3.63. The fourth-order valence-electron chi connectivity index (χ4n) is 4.55. The fourth-order valence-corrected chi connectivity index (χ4v) is 4.55. The SMILES string of the molecule is CCC(Nc1cnc(C(F)(F)F)cn1)C1CCC(C)CN1C(=O)c1cccc(F)c1-c1ncccn1. The van der Waals surface area contributed by atoms with Crippen LogP contribution in [0, 0.1) is 11.7 Å². The number of aromatic nitrogens is 4. The number of halogens is 4. The van der Waals surface area contributed by atoms with Crippen LogP contribution in [0.5, 0.6) is 0 Å². The molecule has 0 saturated carbocycles. The molecule has 190 valence electrons. The van der Waals surface area contributed by atoms with Gasteiger partial charge in [0.1, 0.15) is 11.6 Å². The standard InChI is InChI=1S/C25H26F4N6O/c1-3-18(34-21-13-32-20(12-33-21)25(27,28)29)19-9-8-15(2)14-35(19)24(36)16-6-4-7-17(26)22(16)23-30-10-5-11-31-23/h4-7,10-13,15,18-19H,3,8-9,14H2,1-2H3,(H,33,34). The van der Waals surface area contributed by atoms with Crippen LogP contribution in [0.4, 0.5) is 23.4 Å². The smallest absolute Gasteiger partial charge is 0.364 e. The normalized spacial score (nSPS) is 19.1. The van der Waals surface area contributed by atoms with Crippen LogP contribution in [0.3, 0.4) is 0 Å². The molecule has 1 aliphatic rings. The first kappa shape index (κ1) is 25.5. The zero-order valence-electron chi connectivity index (χ0n) is 19.8. The molecule has 0 aliphatic carbocycles. The lowest BCUT2D eigenvalue weighted by atomic mass is 9.88. The third-order valence-electron chi connectivity index (χ3n) is 6.34. The summed E-state index contributed by atoms with van der Waals surface area (Å²) in [4.78, 5) is 31.2. The molecule has 4 rings (SSSR count). The molecule has 7 nitrogen and oxygen atoms in total. The fraction of sp³-hybridized carbons (Fsp3) is 0.400. The number of amides is 1. The molecule has 2 aromatic heterocycles. The van der Waals surface area contributed by atoms with Crippen LogP contribution < -0.4 is 5.32 Å². The Balaban J connectivity index is 1.64. The van der Waals surface area contributed by atoms with Gasteiger partial charge in [-0.25, -0.2) is 24.3 Å². The lowest BCUT2D eigenvalue weighted by Gasteiger charge is -2.43. The number of carbonyl (C=O) groups excluding carboxylic acids is 1. The number of hydrogen-bond donors (Lipinski definition) is 1. The Morgan fingerprint density at radius 3 is 2.50 bits per heavy atom. The summed E-state index contributed by atoms with van der Waals surface area (Å²) in [6, 6.07) is 5.30. The van der Waals surface area contributed by atoms with Crippen LogP contribution in [0.1, 0.15) is 49.2 Å². The summed E-state index contributed by atoms with van der Waals surface area (Å²) in [5, 5.41) is 3.15. The second-order valence-electron chi connectivity index (χ2n) is 8.89. The molecule has 0 radical (unpaired) electrons. The van der Waals surface area contributed by atoms with Crippen molar-refractivity contribution in [3.8, 4) is 11.4 Å². The van der Waals surface area contributed by atoms with Gasteiger partial charge in [-0.05, 0) is 43.4 Å². The first-order valence-corrected chi connectivity index (χ1v) is 11.7. The van der Waals surface area contributed by atoms with Crippen LogP contribution in [0.15, 0.2) is 49.1 Å². The van der Waals surface area contributed by atoms with E-state index in [-0.39, 0.29) is 46.7 Å². The number of anilines is 1. The maximum atomic E-state index is 14.9. The van der Waals surface area contributed by atoms with E-state index in [4.69, 9.17) is 0 Å². The highest BCUT2D eigenvalue weighted by Crippen LogP contribution is 2.32. The number of nitrogens with zero attached hydrogens (tertiary/aromatic N) is 5. The van der Waals surface area contributed by atoms with Crippen LogP contribution in [-0.4, -0.2) is 49.4 Å². The van der Waals surface area contributed by atoms with Crippen molar-refractivity contribution < 1.29 is 22.4 Å². The van der Waals surface area contributed by atoms with Crippen molar-refractivity contribution in [3.05, 3.63) is 66.1 Å². The molecule has 3 heterocycles. The number of alkyl halides is 3. The van der Waals surface area contributed by atoms with Crippen molar-refractivity contribution >= 4 is 11.7 Å². The highest BCUT2D eigenvalue weighted by Gasteiger charge is 2.37. The molecule has 0 bridgehead atoms. The van der Waals surface area contributed by atoms with Gasteiger partial charge in [0, 0.05) is 25.0 Å². The molecule has 1 amide bonds. The third kappa shape index (κ3) is 5.44. The Morgan fingerprint density at radius 2 is 1.86 bits per heavy atom. The Morgan fingerprint density at radius 1 is 1.11 bits per heavy atom. The number of hydrogen-bond acceptors (Lipinski definition) is 6. The van der Waals surface area contributed by atoms with E-state index in [2.05, 4.69) is 25.3 Å². The highest BCUT2D eigenvalue weighted by molar-refractivity contribution is 6.00. The van der Waals surface area contributed by atoms with Gasteiger partial charge in [0.2, 0.25) is 0 Å². The minimum atomic E-state index is -4.58. The number of rotatable bonds is 6. The summed E-state index contributed by atoms with van der Waals surface area (Å²) >= 11 is 0. The van der Waals surface area contributed by atoms with Gasteiger partial charge in [-0.2, -0.15) is 13.2 Å². The average molecular weight is 503 g/mol. The summed E-state index contributed by atoms with van der Waals surface area (Å²) in [5.41, 5.74) is -0.884. The van der Waals surface area contributed by atoms with E-state index in [9.17, 15) is 22.4 Å². The van der Waals surface area contributed by atoms with Gasteiger partial charge in [-0.1, -0.05) is 19.9 Å². The van der Waals surface area contributed by atoms with Gasteiger partial charge in [0.05, 0.1) is 29.6 Å². The Bertz CT molecular complexity index is 1190. The summed E-state index contributed by atoms with van der Waals surface area (Å²) in [6.07, 6.45) is 2.21. The maximum Gasteiger partial charge on any atom is 0.434 e. The molecule has 1 N–H and O–H groups in total. The van der Waals surface area contributed by atoms with Gasteiger partial charge >= 0.3 is 6.18 Å². The zero-order valence-corrected chi connectivity index (χ0v) is 19.8. The molecule has 1 fully saturated rings. The highest BCUT2D eigenvalue weighted by atomic mass is 19.4. The van der Waals surface area contributed by atoms with Crippen LogP contribution >= 0.6 is 0 Å². The molecule has 11 heteroatoms. The second-order valence-corrected chi connectivity index (χ2v) is 8.89. The summed E-state index contributed by atoms with van der Waals surface area (Å²) in [5.74, 6) is -0.430. The predicted octanol–water partition coefficient (Wildman–Crippen LogP) is 5.22. The number of piperidine rings is 1. The van der Waals surface area contributed by atoms with Crippen molar-refractivity contribution in [3.63, 3.8) is 0 Å². The molecule has 1 aromatic carbocycles. The van der Waals surface area contributed by atoms with E-state index >= 15 is 0 Å². The zero-order chi connectivity index (χ0) is 25.9. The lowest BCUT2D eigenvalue weighted by Crippen LogP contribution is -2.54. The van der Waals surface area contributed by atoms with Gasteiger partial charge in [-0.3, -0.25) is 4.79 Å². The average Bonchev–Trinajstić information content (AvgIpc) is 2.87. The van der Waals surface area contributed by atoms with Crippen molar-refractivity contribution in [2.45, 2.75) is 51.4 Å². The summed E-state index contributed by atoms with van der Waals surface area (Å²) in [7, 11) is 0. The summed E-state index contributed by atoms with van der Waals surface area (Å²) in [6.45, 7) is 4.41. The maximum absolute atomic E-state index is 14.9. The van der Waals surface area contributed by atoms with Crippen molar-refractivity contribution in [1.82, 2.24) is 24.8 Å². The molecular weight excluding hydrogens is 476 g/mol. The molecule has 3 atom stereocenters. The Labute approximate surface area is 206 Å².